The zero-order valence-corrected chi connectivity index (χ0v) is 18.8. The van der Waals surface area contributed by atoms with Crippen molar-refractivity contribution >= 4 is 27.1 Å². The minimum absolute atomic E-state index is 0.118. The Bertz CT molecular complexity index is 1280. The van der Waals surface area contributed by atoms with Crippen LogP contribution in [0.3, 0.4) is 0 Å². The van der Waals surface area contributed by atoms with E-state index < -0.39 is 32.3 Å². The van der Waals surface area contributed by atoms with Crippen LogP contribution in [-0.4, -0.2) is 35.2 Å². The molecule has 1 N–H and O–H groups in total. The van der Waals surface area contributed by atoms with Crippen LogP contribution in [0.4, 0.5) is 14.5 Å². The molecule has 1 amide bonds. The lowest BCUT2D eigenvalue weighted by molar-refractivity contribution is 0.0982. The van der Waals surface area contributed by atoms with Crippen molar-refractivity contribution in [3.63, 3.8) is 0 Å². The van der Waals surface area contributed by atoms with E-state index in [1.165, 1.54) is 43.6 Å². The summed E-state index contributed by atoms with van der Waals surface area (Å²) in [6, 6.07) is 6.84. The number of amides is 1. The van der Waals surface area contributed by atoms with Gasteiger partial charge in [-0.1, -0.05) is 0 Å². The highest BCUT2D eigenvalue weighted by Gasteiger charge is 2.32. The van der Waals surface area contributed by atoms with Crippen molar-refractivity contribution in [3.05, 3.63) is 65.5 Å². The molecule has 1 unspecified atom stereocenters. The van der Waals surface area contributed by atoms with E-state index >= 15 is 0 Å². The largest absolute Gasteiger partial charge is 0.364 e. The number of hydrogen-bond donors (Lipinski definition) is 1. The minimum atomic E-state index is -3.89. The van der Waals surface area contributed by atoms with Crippen LogP contribution in [0.15, 0.2) is 42.7 Å². The van der Waals surface area contributed by atoms with E-state index in [0.29, 0.717) is 17.6 Å². The van der Waals surface area contributed by atoms with Gasteiger partial charge in [0.15, 0.2) is 0 Å². The summed E-state index contributed by atoms with van der Waals surface area (Å²) in [5.74, 6) is -2.02. The number of anilines is 1. The van der Waals surface area contributed by atoms with E-state index in [1.54, 1.807) is 12.3 Å². The van der Waals surface area contributed by atoms with Gasteiger partial charge in [-0.05, 0) is 63.4 Å². The van der Waals surface area contributed by atoms with Crippen LogP contribution in [-0.2, 0) is 10.0 Å². The van der Waals surface area contributed by atoms with Gasteiger partial charge < -0.3 is 4.90 Å². The van der Waals surface area contributed by atoms with Crippen LogP contribution in [0.25, 0.3) is 5.52 Å². The molecule has 1 aromatic carbocycles. The topological polar surface area (TPSA) is 83.8 Å². The Morgan fingerprint density at radius 1 is 1.16 bits per heavy atom. The predicted octanol–water partition coefficient (Wildman–Crippen LogP) is 3.81. The SMILES string of the molecule is CC(C)(C)S(=O)(=O)NC(=O)c1cnn2ccc(N3CCCC3c3cc(F)cc(F)c3)cc12. The maximum Gasteiger partial charge on any atom is 0.268 e. The van der Waals surface area contributed by atoms with Gasteiger partial charge >= 0.3 is 0 Å². The van der Waals surface area contributed by atoms with E-state index in [4.69, 9.17) is 0 Å². The third kappa shape index (κ3) is 4.06. The third-order valence-electron chi connectivity index (χ3n) is 5.64. The van der Waals surface area contributed by atoms with Gasteiger partial charge in [0.2, 0.25) is 10.0 Å². The Morgan fingerprint density at radius 3 is 2.50 bits per heavy atom. The summed E-state index contributed by atoms with van der Waals surface area (Å²) < 4.78 is 54.8. The van der Waals surface area contributed by atoms with Crippen LogP contribution in [0.1, 0.15) is 55.6 Å². The first kappa shape index (κ1) is 22.2. The van der Waals surface area contributed by atoms with Crippen molar-refractivity contribution in [2.75, 3.05) is 11.4 Å². The van der Waals surface area contributed by atoms with Crippen LogP contribution >= 0.6 is 0 Å². The van der Waals surface area contributed by atoms with Crippen molar-refractivity contribution < 1.29 is 22.0 Å². The molecule has 3 heterocycles. The molecule has 1 aliphatic heterocycles. The van der Waals surface area contributed by atoms with Crippen molar-refractivity contribution in [3.8, 4) is 0 Å². The first-order valence-electron chi connectivity index (χ1n) is 10.2. The standard InChI is InChI=1S/C22H24F2N4O3S/c1-22(2,3)32(30,31)26-21(29)18-13-25-28-8-6-17(12-20(18)28)27-7-4-5-19(27)14-9-15(23)11-16(24)10-14/h6,8-13,19H,4-5,7H2,1-3H3,(H,26,29). The number of hydrogen-bond acceptors (Lipinski definition) is 5. The zero-order chi connectivity index (χ0) is 23.3. The average Bonchev–Trinajstić information content (AvgIpc) is 3.32. The molecule has 0 saturated carbocycles. The zero-order valence-electron chi connectivity index (χ0n) is 18.0. The number of fused-ring (bicyclic) bond motifs is 1. The number of sulfonamides is 1. The average molecular weight is 463 g/mol. The Balaban J connectivity index is 1.69. The number of pyridine rings is 1. The molecule has 10 heteroatoms. The molecule has 4 rings (SSSR count). The summed E-state index contributed by atoms with van der Waals surface area (Å²) in [6.45, 7) is 5.17. The molecule has 1 aliphatic rings. The number of rotatable bonds is 4. The lowest BCUT2D eigenvalue weighted by Crippen LogP contribution is -2.42. The number of nitrogens with one attached hydrogen (secondary N) is 1. The second-order valence-electron chi connectivity index (χ2n) is 8.87. The summed E-state index contributed by atoms with van der Waals surface area (Å²) in [5, 5.41) is 4.14. The highest BCUT2D eigenvalue weighted by molar-refractivity contribution is 7.91. The molecule has 7 nitrogen and oxygen atoms in total. The van der Waals surface area contributed by atoms with Gasteiger partial charge in [0.25, 0.3) is 5.91 Å². The van der Waals surface area contributed by atoms with Gasteiger partial charge in [-0.2, -0.15) is 5.10 Å². The van der Waals surface area contributed by atoms with E-state index in [1.807, 2.05) is 11.0 Å². The first-order valence-corrected chi connectivity index (χ1v) is 11.7. The normalized spacial score (nSPS) is 17.2. The second kappa shape index (κ2) is 7.84. The van der Waals surface area contributed by atoms with Crippen molar-refractivity contribution in [1.82, 2.24) is 14.3 Å². The first-order chi connectivity index (χ1) is 15.0. The van der Waals surface area contributed by atoms with Crippen LogP contribution in [0.2, 0.25) is 0 Å². The lowest BCUT2D eigenvalue weighted by atomic mass is 10.0. The number of benzene rings is 1. The van der Waals surface area contributed by atoms with Gasteiger partial charge in [0.1, 0.15) is 11.6 Å². The third-order valence-corrected chi connectivity index (χ3v) is 7.70. The van der Waals surface area contributed by atoms with Crippen molar-refractivity contribution in [2.45, 2.75) is 44.4 Å². The minimum Gasteiger partial charge on any atom is -0.364 e. The fourth-order valence-electron chi connectivity index (χ4n) is 3.84. The van der Waals surface area contributed by atoms with Gasteiger partial charge in [-0.25, -0.2) is 26.4 Å². The molecular formula is C22H24F2N4O3S. The lowest BCUT2D eigenvalue weighted by Gasteiger charge is -2.27. The molecule has 0 aliphatic carbocycles. The predicted molar refractivity (Wildman–Crippen MR) is 117 cm³/mol. The molecule has 0 spiro atoms. The molecule has 2 aromatic heterocycles. The van der Waals surface area contributed by atoms with Crippen LogP contribution < -0.4 is 9.62 Å². The van der Waals surface area contributed by atoms with Gasteiger partial charge in [-0.3, -0.25) is 4.79 Å². The molecular weight excluding hydrogens is 438 g/mol. The summed E-state index contributed by atoms with van der Waals surface area (Å²) in [6.07, 6.45) is 4.55. The summed E-state index contributed by atoms with van der Waals surface area (Å²) in [4.78, 5) is 14.8. The van der Waals surface area contributed by atoms with E-state index in [9.17, 15) is 22.0 Å². The van der Waals surface area contributed by atoms with Crippen molar-refractivity contribution in [2.24, 2.45) is 0 Å². The summed E-state index contributed by atoms with van der Waals surface area (Å²) in [5.41, 5.74) is 1.84. The highest BCUT2D eigenvalue weighted by atomic mass is 32.2. The number of halogens is 2. The number of carbonyl (C=O) groups excluding carboxylic acids is 1. The Morgan fingerprint density at radius 2 is 1.84 bits per heavy atom. The fourth-order valence-corrected chi connectivity index (χ4v) is 4.50. The number of carbonyl (C=O) groups is 1. The Kier molecular flexibility index (Phi) is 5.44. The number of aromatic nitrogens is 2. The highest BCUT2D eigenvalue weighted by Crippen LogP contribution is 2.37. The quantitative estimate of drug-likeness (QED) is 0.638. The summed E-state index contributed by atoms with van der Waals surface area (Å²) in [7, 11) is -3.89. The molecule has 1 saturated heterocycles. The molecule has 32 heavy (non-hydrogen) atoms. The van der Waals surface area contributed by atoms with Gasteiger partial charge in [0.05, 0.1) is 28.1 Å². The second-order valence-corrected chi connectivity index (χ2v) is 11.3. The summed E-state index contributed by atoms with van der Waals surface area (Å²) >= 11 is 0. The maximum absolute atomic E-state index is 13.8. The molecule has 1 fully saturated rings. The molecule has 0 bridgehead atoms. The van der Waals surface area contributed by atoms with Crippen LogP contribution in [0, 0.1) is 11.6 Å². The van der Waals surface area contributed by atoms with Gasteiger partial charge in [0, 0.05) is 24.5 Å². The molecule has 0 radical (unpaired) electrons. The number of nitrogens with zero attached hydrogens (tertiary/aromatic N) is 3. The van der Waals surface area contributed by atoms with E-state index in [-0.39, 0.29) is 11.6 Å². The van der Waals surface area contributed by atoms with Gasteiger partial charge in [-0.15, -0.1) is 0 Å². The fraction of sp³-hybridized carbons (Fsp3) is 0.364. The van der Waals surface area contributed by atoms with E-state index in [0.717, 1.165) is 24.6 Å². The Labute approximate surface area is 185 Å². The Hall–Kier alpha value is -3.01. The molecule has 170 valence electrons. The maximum atomic E-state index is 13.8. The molecule has 1 atom stereocenters. The monoisotopic (exact) mass is 462 g/mol. The van der Waals surface area contributed by atoms with E-state index in [2.05, 4.69) is 9.82 Å². The van der Waals surface area contributed by atoms with Crippen LogP contribution in [0.5, 0.6) is 0 Å². The van der Waals surface area contributed by atoms with Crippen molar-refractivity contribution in [1.29, 1.82) is 0 Å². The molecule has 3 aromatic rings. The smallest absolute Gasteiger partial charge is 0.268 e.